The van der Waals surface area contributed by atoms with Crippen molar-refractivity contribution >= 4 is 22.4 Å². The molecule has 0 unspecified atom stereocenters. The maximum atomic E-state index is 13.2. The van der Waals surface area contributed by atoms with Crippen LogP contribution in [0.4, 0.5) is 10.1 Å². The summed E-state index contributed by atoms with van der Waals surface area (Å²) >= 11 is 0. The summed E-state index contributed by atoms with van der Waals surface area (Å²) in [6, 6.07) is 12.0. The number of carbonyl (C=O) groups is 1. The topological polar surface area (TPSA) is 68.9 Å². The first-order valence-electron chi connectivity index (χ1n) is 10.4. The third kappa shape index (κ3) is 4.06. The van der Waals surface area contributed by atoms with Crippen molar-refractivity contribution in [2.24, 2.45) is 0 Å². The third-order valence-corrected chi connectivity index (χ3v) is 5.94. The molecule has 32 heavy (non-hydrogen) atoms. The molecule has 1 amide bonds. The van der Waals surface area contributed by atoms with E-state index in [0.717, 1.165) is 33.5 Å². The predicted octanol–water partition coefficient (Wildman–Crippen LogP) is 4.26. The summed E-state index contributed by atoms with van der Waals surface area (Å²) in [6.07, 6.45) is 1.63. The van der Waals surface area contributed by atoms with Crippen molar-refractivity contribution in [2.45, 2.75) is 40.8 Å². The van der Waals surface area contributed by atoms with Crippen LogP contribution in [0.5, 0.6) is 0 Å². The second kappa shape index (κ2) is 8.42. The molecule has 4 aromatic rings. The molecule has 164 valence electrons. The Morgan fingerprint density at radius 2 is 1.72 bits per heavy atom. The van der Waals surface area contributed by atoms with E-state index in [9.17, 15) is 14.0 Å². The number of carbonyl (C=O) groups excluding carboxylic acids is 1. The highest BCUT2D eigenvalue weighted by atomic mass is 19.1. The molecule has 0 radical (unpaired) electrons. The molecule has 0 aliphatic rings. The molecule has 6 nitrogen and oxygen atoms in total. The highest BCUT2D eigenvalue weighted by molar-refractivity contribution is 5.91. The second-order valence-corrected chi connectivity index (χ2v) is 8.13. The van der Waals surface area contributed by atoms with Crippen molar-refractivity contribution in [3.63, 3.8) is 0 Å². The van der Waals surface area contributed by atoms with Gasteiger partial charge in [-0.2, -0.15) is 5.10 Å². The van der Waals surface area contributed by atoms with E-state index >= 15 is 0 Å². The first-order valence-corrected chi connectivity index (χ1v) is 10.4. The molecule has 0 saturated carbocycles. The van der Waals surface area contributed by atoms with Crippen molar-refractivity contribution < 1.29 is 9.18 Å². The molecular weight excluding hydrogens is 407 g/mol. The number of hydrogen-bond acceptors (Lipinski definition) is 3. The highest BCUT2D eigenvalue weighted by Crippen LogP contribution is 2.23. The van der Waals surface area contributed by atoms with Crippen LogP contribution in [0.2, 0.25) is 0 Å². The summed E-state index contributed by atoms with van der Waals surface area (Å²) in [5.74, 6) is -0.603. The van der Waals surface area contributed by atoms with Gasteiger partial charge in [-0.3, -0.25) is 9.59 Å². The second-order valence-electron chi connectivity index (χ2n) is 8.13. The van der Waals surface area contributed by atoms with Crippen LogP contribution in [0, 0.1) is 33.5 Å². The van der Waals surface area contributed by atoms with Gasteiger partial charge in [0, 0.05) is 29.0 Å². The SMILES string of the molecule is Cc1ccc(NC(=O)Cn2ncc3c(C)n(Cc4ccc(F)cc4)c(C)c3c2=O)cc1C. The summed E-state index contributed by atoms with van der Waals surface area (Å²) in [5.41, 5.74) is 5.21. The minimum Gasteiger partial charge on any atom is -0.343 e. The highest BCUT2D eigenvalue weighted by Gasteiger charge is 2.17. The molecule has 0 saturated heterocycles. The number of hydrogen-bond donors (Lipinski definition) is 1. The van der Waals surface area contributed by atoms with Gasteiger partial charge in [-0.25, -0.2) is 9.07 Å². The van der Waals surface area contributed by atoms with E-state index in [1.54, 1.807) is 18.3 Å². The van der Waals surface area contributed by atoms with Crippen molar-refractivity contribution in [3.8, 4) is 0 Å². The molecule has 2 aromatic heterocycles. The Kier molecular flexibility index (Phi) is 5.65. The van der Waals surface area contributed by atoms with E-state index < -0.39 is 0 Å². The van der Waals surface area contributed by atoms with Crippen LogP contribution in [0.3, 0.4) is 0 Å². The molecule has 4 rings (SSSR count). The Bertz CT molecular complexity index is 1380. The summed E-state index contributed by atoms with van der Waals surface area (Å²) in [6.45, 7) is 8.12. The quantitative estimate of drug-likeness (QED) is 0.512. The van der Waals surface area contributed by atoms with Gasteiger partial charge in [-0.05, 0) is 68.7 Å². The minimum atomic E-state index is -0.317. The smallest absolute Gasteiger partial charge is 0.276 e. The maximum absolute atomic E-state index is 13.2. The Labute approximate surface area is 185 Å². The van der Waals surface area contributed by atoms with E-state index in [1.165, 1.54) is 16.8 Å². The largest absolute Gasteiger partial charge is 0.343 e. The molecule has 1 N–H and O–H groups in total. The van der Waals surface area contributed by atoms with Gasteiger partial charge in [0.2, 0.25) is 5.91 Å². The molecule has 0 spiro atoms. The molecule has 2 heterocycles. The first-order chi connectivity index (χ1) is 15.2. The van der Waals surface area contributed by atoms with Crippen LogP contribution in [0.1, 0.15) is 28.1 Å². The molecule has 0 aliphatic carbocycles. The van der Waals surface area contributed by atoms with Gasteiger partial charge in [-0.15, -0.1) is 0 Å². The average Bonchev–Trinajstić information content (AvgIpc) is 2.99. The van der Waals surface area contributed by atoms with Crippen LogP contribution in [-0.4, -0.2) is 20.3 Å². The van der Waals surface area contributed by atoms with Gasteiger partial charge in [-0.1, -0.05) is 18.2 Å². The standard InChI is InChI=1S/C25H25FN4O2/c1-15-5-10-21(11-16(15)2)28-23(31)14-30-25(32)24-18(4)29(17(3)22(24)12-27-30)13-19-6-8-20(26)9-7-19/h5-12H,13-14H2,1-4H3,(H,28,31). The van der Waals surface area contributed by atoms with Gasteiger partial charge in [0.05, 0.1) is 11.6 Å². The average molecular weight is 432 g/mol. The van der Waals surface area contributed by atoms with Crippen LogP contribution in [-0.2, 0) is 17.9 Å². The number of benzene rings is 2. The zero-order valence-corrected chi connectivity index (χ0v) is 18.6. The van der Waals surface area contributed by atoms with Crippen molar-refractivity contribution in [1.29, 1.82) is 0 Å². The fraction of sp³-hybridized carbons (Fsp3) is 0.240. The summed E-state index contributed by atoms with van der Waals surface area (Å²) < 4.78 is 16.4. The van der Waals surface area contributed by atoms with E-state index in [0.29, 0.717) is 17.6 Å². The third-order valence-electron chi connectivity index (χ3n) is 5.94. The number of fused-ring (bicyclic) bond motifs is 1. The number of nitrogens with one attached hydrogen (secondary N) is 1. The molecule has 7 heteroatoms. The lowest BCUT2D eigenvalue weighted by Crippen LogP contribution is -2.29. The van der Waals surface area contributed by atoms with E-state index in [-0.39, 0.29) is 23.8 Å². The molecule has 2 aromatic carbocycles. The number of amides is 1. The number of aromatic nitrogens is 3. The lowest BCUT2D eigenvalue weighted by molar-refractivity contribution is -0.117. The Morgan fingerprint density at radius 3 is 2.41 bits per heavy atom. The number of rotatable bonds is 5. The molecule has 0 fully saturated rings. The summed E-state index contributed by atoms with van der Waals surface area (Å²) in [4.78, 5) is 25.7. The molecule has 0 atom stereocenters. The van der Waals surface area contributed by atoms with Crippen molar-refractivity contribution in [2.75, 3.05) is 5.32 Å². The molecule has 0 aliphatic heterocycles. The van der Waals surface area contributed by atoms with Gasteiger partial charge in [0.1, 0.15) is 12.4 Å². The van der Waals surface area contributed by atoms with Crippen molar-refractivity contribution in [1.82, 2.24) is 14.3 Å². The van der Waals surface area contributed by atoms with Crippen LogP contribution in [0.25, 0.3) is 10.8 Å². The normalized spacial score (nSPS) is 11.2. The van der Waals surface area contributed by atoms with E-state index in [4.69, 9.17) is 0 Å². The van der Waals surface area contributed by atoms with E-state index in [1.807, 2.05) is 50.5 Å². The van der Waals surface area contributed by atoms with Crippen LogP contribution in [0.15, 0.2) is 53.5 Å². The lowest BCUT2D eigenvalue weighted by atomic mass is 10.1. The minimum absolute atomic E-state index is 0.177. The van der Waals surface area contributed by atoms with Gasteiger partial charge in [0.15, 0.2) is 0 Å². The van der Waals surface area contributed by atoms with Gasteiger partial charge < -0.3 is 9.88 Å². The Morgan fingerprint density at radius 1 is 1.00 bits per heavy atom. The molecular formula is C25H25FN4O2. The summed E-state index contributed by atoms with van der Waals surface area (Å²) in [7, 11) is 0. The van der Waals surface area contributed by atoms with Gasteiger partial charge in [0.25, 0.3) is 5.56 Å². The lowest BCUT2D eigenvalue weighted by Gasteiger charge is -2.09. The number of nitrogens with zero attached hydrogens (tertiary/aromatic N) is 3. The maximum Gasteiger partial charge on any atom is 0.276 e. The number of aryl methyl sites for hydroxylation is 4. The molecule has 0 bridgehead atoms. The number of halogens is 1. The van der Waals surface area contributed by atoms with Crippen molar-refractivity contribution in [3.05, 3.63) is 92.9 Å². The van der Waals surface area contributed by atoms with Crippen LogP contribution >= 0.6 is 0 Å². The van der Waals surface area contributed by atoms with E-state index in [2.05, 4.69) is 10.4 Å². The Balaban J connectivity index is 1.62. The van der Waals surface area contributed by atoms with Gasteiger partial charge >= 0.3 is 0 Å². The predicted molar refractivity (Wildman–Crippen MR) is 124 cm³/mol. The Hall–Kier alpha value is -3.74. The first kappa shape index (κ1) is 21.5. The fourth-order valence-electron chi connectivity index (χ4n) is 3.92. The zero-order valence-electron chi connectivity index (χ0n) is 18.6. The summed E-state index contributed by atoms with van der Waals surface area (Å²) in [5, 5.41) is 8.35. The van der Waals surface area contributed by atoms with Crippen LogP contribution < -0.4 is 10.9 Å². The fourth-order valence-corrected chi connectivity index (χ4v) is 3.92. The monoisotopic (exact) mass is 432 g/mol. The zero-order chi connectivity index (χ0) is 23.0. The number of anilines is 1.